The van der Waals surface area contributed by atoms with E-state index in [1.54, 1.807) is 17.7 Å². The van der Waals surface area contributed by atoms with E-state index >= 15 is 0 Å². The van der Waals surface area contributed by atoms with E-state index in [0.717, 1.165) is 11.3 Å². The van der Waals surface area contributed by atoms with Gasteiger partial charge in [-0.15, -0.1) is 0 Å². The molecular weight excluding hydrogens is 348 g/mol. The Morgan fingerprint density at radius 1 is 1.07 bits per heavy atom. The van der Waals surface area contributed by atoms with Gasteiger partial charge in [-0.25, -0.2) is 9.59 Å². The van der Waals surface area contributed by atoms with Crippen LogP contribution in [0.5, 0.6) is 0 Å². The molecule has 0 fully saturated rings. The monoisotopic (exact) mass is 368 g/mol. The fourth-order valence-corrected chi connectivity index (χ4v) is 2.78. The summed E-state index contributed by atoms with van der Waals surface area (Å²) in [7, 11) is 1.27. The largest absolute Gasteiger partial charge is 0.463 e. The van der Waals surface area contributed by atoms with E-state index in [0.29, 0.717) is 23.6 Å². The maximum Gasteiger partial charge on any atom is 0.373 e. The molecule has 0 aliphatic carbocycles. The number of benzene rings is 1. The van der Waals surface area contributed by atoms with Crippen molar-refractivity contribution < 1.29 is 23.5 Å². The van der Waals surface area contributed by atoms with Crippen LogP contribution in [0.3, 0.4) is 0 Å². The molecule has 0 saturated carbocycles. The Kier molecular flexibility index (Phi) is 5.40. The lowest BCUT2D eigenvalue weighted by molar-refractivity contribution is 0.0436. The van der Waals surface area contributed by atoms with E-state index in [9.17, 15) is 9.59 Å². The lowest BCUT2D eigenvalue weighted by Gasteiger charge is -2.06. The van der Waals surface area contributed by atoms with Crippen molar-refractivity contribution >= 4 is 11.9 Å². The predicted octanol–water partition coefficient (Wildman–Crippen LogP) is 3.28. The first-order chi connectivity index (χ1) is 13.0. The number of methoxy groups -OCH3 is 1. The summed E-state index contributed by atoms with van der Waals surface area (Å²) in [5.74, 6) is -0.649. The second-order valence-corrected chi connectivity index (χ2v) is 6.02. The standard InChI is InChI=1S/C20H20N2O5/c1-13-18(14(2)22(21-13)11-15-7-5-4-6-8-15)20(24)26-12-16-9-10-17(27-16)19(23)25-3/h4-10H,11-12H2,1-3H3. The molecule has 7 nitrogen and oxygen atoms in total. The number of nitrogens with zero attached hydrogens (tertiary/aromatic N) is 2. The number of carbonyl (C=O) groups excluding carboxylic acids is 2. The minimum Gasteiger partial charge on any atom is -0.463 e. The van der Waals surface area contributed by atoms with Gasteiger partial charge in [-0.2, -0.15) is 5.10 Å². The number of hydrogen-bond donors (Lipinski definition) is 0. The quantitative estimate of drug-likeness (QED) is 0.621. The highest BCUT2D eigenvalue weighted by molar-refractivity contribution is 5.91. The molecule has 0 unspecified atom stereocenters. The number of ether oxygens (including phenoxy) is 2. The summed E-state index contributed by atoms with van der Waals surface area (Å²) in [4.78, 5) is 23.9. The molecule has 7 heteroatoms. The summed E-state index contributed by atoms with van der Waals surface area (Å²) in [5.41, 5.74) is 2.86. The second kappa shape index (κ2) is 7.90. The molecule has 140 valence electrons. The zero-order chi connectivity index (χ0) is 19.4. The lowest BCUT2D eigenvalue weighted by Crippen LogP contribution is -2.09. The van der Waals surface area contributed by atoms with Gasteiger partial charge in [0, 0.05) is 0 Å². The summed E-state index contributed by atoms with van der Waals surface area (Å²) in [6.45, 7) is 4.09. The average Bonchev–Trinajstić information content (AvgIpc) is 3.25. The van der Waals surface area contributed by atoms with Crippen LogP contribution in [0.2, 0.25) is 0 Å². The zero-order valence-corrected chi connectivity index (χ0v) is 15.4. The molecule has 3 rings (SSSR count). The Morgan fingerprint density at radius 3 is 2.52 bits per heavy atom. The van der Waals surface area contributed by atoms with Crippen molar-refractivity contribution in [3.8, 4) is 0 Å². The Bertz CT molecular complexity index is 956. The van der Waals surface area contributed by atoms with E-state index in [-0.39, 0.29) is 12.4 Å². The fraction of sp³-hybridized carbons (Fsp3) is 0.250. The van der Waals surface area contributed by atoms with Gasteiger partial charge in [0.15, 0.2) is 0 Å². The minimum absolute atomic E-state index is 0.0617. The minimum atomic E-state index is -0.582. The highest BCUT2D eigenvalue weighted by atomic mass is 16.6. The van der Waals surface area contributed by atoms with Crippen LogP contribution in [0.25, 0.3) is 0 Å². The van der Waals surface area contributed by atoms with Crippen LogP contribution in [-0.2, 0) is 22.6 Å². The second-order valence-electron chi connectivity index (χ2n) is 6.02. The molecule has 0 aliphatic rings. The molecule has 2 heterocycles. The van der Waals surface area contributed by atoms with Crippen molar-refractivity contribution in [3.05, 3.63) is 76.5 Å². The molecule has 3 aromatic rings. The Morgan fingerprint density at radius 2 is 1.81 bits per heavy atom. The van der Waals surface area contributed by atoms with E-state index in [1.807, 2.05) is 37.3 Å². The zero-order valence-electron chi connectivity index (χ0n) is 15.4. The number of hydrogen-bond acceptors (Lipinski definition) is 6. The number of carbonyl (C=O) groups is 2. The van der Waals surface area contributed by atoms with Gasteiger partial charge in [-0.05, 0) is 31.5 Å². The van der Waals surface area contributed by atoms with E-state index in [1.165, 1.54) is 13.2 Å². The molecule has 0 aliphatic heterocycles. The van der Waals surface area contributed by atoms with Crippen molar-refractivity contribution in [3.63, 3.8) is 0 Å². The van der Waals surface area contributed by atoms with Gasteiger partial charge in [-0.3, -0.25) is 4.68 Å². The molecule has 0 saturated heterocycles. The SMILES string of the molecule is COC(=O)c1ccc(COC(=O)c2c(C)nn(Cc3ccccc3)c2C)o1. The normalized spacial score (nSPS) is 10.6. The maximum atomic E-state index is 12.5. The first-order valence-electron chi connectivity index (χ1n) is 8.41. The first kappa shape index (κ1) is 18.4. The summed E-state index contributed by atoms with van der Waals surface area (Å²) < 4.78 is 17.0. The van der Waals surface area contributed by atoms with Crippen LogP contribution in [-0.4, -0.2) is 28.8 Å². The third-order valence-corrected chi connectivity index (χ3v) is 4.15. The fourth-order valence-electron chi connectivity index (χ4n) is 2.78. The maximum absolute atomic E-state index is 12.5. The summed E-state index contributed by atoms with van der Waals surface area (Å²) >= 11 is 0. The van der Waals surface area contributed by atoms with Gasteiger partial charge in [0.2, 0.25) is 5.76 Å². The molecule has 27 heavy (non-hydrogen) atoms. The summed E-state index contributed by atoms with van der Waals surface area (Å²) in [6.07, 6.45) is 0. The van der Waals surface area contributed by atoms with E-state index in [4.69, 9.17) is 9.15 Å². The van der Waals surface area contributed by atoms with Crippen molar-refractivity contribution in [1.82, 2.24) is 9.78 Å². The van der Waals surface area contributed by atoms with Gasteiger partial charge in [0.1, 0.15) is 17.9 Å². The Labute approximate surface area is 156 Å². The summed E-state index contributed by atoms with van der Waals surface area (Å²) in [6, 6.07) is 12.9. The van der Waals surface area contributed by atoms with Crippen LogP contribution in [0.4, 0.5) is 0 Å². The number of esters is 2. The average molecular weight is 368 g/mol. The highest BCUT2D eigenvalue weighted by Gasteiger charge is 2.21. The van der Waals surface area contributed by atoms with Gasteiger partial charge < -0.3 is 13.9 Å². The first-order valence-corrected chi connectivity index (χ1v) is 8.41. The molecule has 0 amide bonds. The Hall–Kier alpha value is -3.35. The van der Waals surface area contributed by atoms with Gasteiger partial charge >= 0.3 is 11.9 Å². The third kappa shape index (κ3) is 4.08. The van der Waals surface area contributed by atoms with E-state index < -0.39 is 11.9 Å². The van der Waals surface area contributed by atoms with Crippen molar-refractivity contribution in [2.24, 2.45) is 0 Å². The highest BCUT2D eigenvalue weighted by Crippen LogP contribution is 2.18. The molecular formula is C20H20N2O5. The number of furan rings is 1. The predicted molar refractivity (Wildman–Crippen MR) is 96.4 cm³/mol. The van der Waals surface area contributed by atoms with Crippen LogP contribution >= 0.6 is 0 Å². The van der Waals surface area contributed by atoms with Crippen molar-refractivity contribution in [1.29, 1.82) is 0 Å². The number of rotatable bonds is 6. The number of aromatic nitrogens is 2. The van der Waals surface area contributed by atoms with Crippen molar-refractivity contribution in [2.75, 3.05) is 7.11 Å². The van der Waals surface area contributed by atoms with Gasteiger partial charge in [0.25, 0.3) is 0 Å². The molecule has 0 atom stereocenters. The van der Waals surface area contributed by atoms with Crippen LogP contribution in [0, 0.1) is 13.8 Å². The van der Waals surface area contributed by atoms with Crippen LogP contribution in [0.15, 0.2) is 46.9 Å². The lowest BCUT2D eigenvalue weighted by atomic mass is 10.2. The smallest absolute Gasteiger partial charge is 0.373 e. The van der Waals surface area contributed by atoms with Gasteiger partial charge in [0.05, 0.1) is 25.0 Å². The Balaban J connectivity index is 1.69. The van der Waals surface area contributed by atoms with Crippen LogP contribution in [0.1, 0.15) is 43.6 Å². The summed E-state index contributed by atoms with van der Waals surface area (Å²) in [5, 5.41) is 4.45. The number of aryl methyl sites for hydroxylation is 1. The third-order valence-electron chi connectivity index (χ3n) is 4.15. The molecule has 0 bridgehead atoms. The molecule has 0 N–H and O–H groups in total. The molecule has 1 aromatic carbocycles. The van der Waals surface area contributed by atoms with Gasteiger partial charge in [-0.1, -0.05) is 30.3 Å². The topological polar surface area (TPSA) is 83.6 Å². The molecule has 0 spiro atoms. The van der Waals surface area contributed by atoms with Crippen molar-refractivity contribution in [2.45, 2.75) is 27.0 Å². The van der Waals surface area contributed by atoms with Crippen LogP contribution < -0.4 is 0 Å². The molecule has 0 radical (unpaired) electrons. The van der Waals surface area contributed by atoms with E-state index in [2.05, 4.69) is 9.84 Å². The molecule has 2 aromatic heterocycles.